The van der Waals surface area contributed by atoms with Crippen molar-refractivity contribution >= 4 is 10.0 Å². The Hall–Kier alpha value is -0.950. The zero-order chi connectivity index (χ0) is 14.6. The average molecular weight is 298 g/mol. The molecule has 1 aliphatic heterocycles. The van der Waals surface area contributed by atoms with Gasteiger partial charge in [-0.3, -0.25) is 0 Å². The summed E-state index contributed by atoms with van der Waals surface area (Å²) in [6, 6.07) is 7.15. The summed E-state index contributed by atoms with van der Waals surface area (Å²) in [6.07, 6.45) is 1.88. The SMILES string of the molecule is CC(NS(=O)(=O)Cc1ccccc1CN)C1CCCO1. The van der Waals surface area contributed by atoms with Gasteiger partial charge in [-0.15, -0.1) is 0 Å². The summed E-state index contributed by atoms with van der Waals surface area (Å²) in [5.41, 5.74) is 7.25. The number of hydrogen-bond acceptors (Lipinski definition) is 4. The number of nitrogens with one attached hydrogen (secondary N) is 1. The van der Waals surface area contributed by atoms with Crippen LogP contribution in [0.15, 0.2) is 24.3 Å². The maximum atomic E-state index is 12.2. The van der Waals surface area contributed by atoms with Crippen LogP contribution in [0.1, 0.15) is 30.9 Å². The second-order valence-electron chi connectivity index (χ2n) is 5.19. The highest BCUT2D eigenvalue weighted by Gasteiger charge is 2.26. The molecule has 1 aromatic carbocycles. The zero-order valence-electron chi connectivity index (χ0n) is 11.7. The van der Waals surface area contributed by atoms with Crippen molar-refractivity contribution < 1.29 is 13.2 Å². The highest BCUT2D eigenvalue weighted by Crippen LogP contribution is 2.17. The van der Waals surface area contributed by atoms with Crippen molar-refractivity contribution in [1.29, 1.82) is 0 Å². The van der Waals surface area contributed by atoms with Gasteiger partial charge in [0.25, 0.3) is 0 Å². The lowest BCUT2D eigenvalue weighted by Gasteiger charge is -2.20. The van der Waals surface area contributed by atoms with Gasteiger partial charge in [-0.25, -0.2) is 13.1 Å². The highest BCUT2D eigenvalue weighted by atomic mass is 32.2. The Morgan fingerprint density at radius 1 is 1.40 bits per heavy atom. The van der Waals surface area contributed by atoms with E-state index >= 15 is 0 Å². The molecular weight excluding hydrogens is 276 g/mol. The molecule has 1 heterocycles. The molecule has 6 heteroatoms. The van der Waals surface area contributed by atoms with E-state index in [9.17, 15) is 8.42 Å². The molecule has 1 fully saturated rings. The van der Waals surface area contributed by atoms with Crippen LogP contribution in [0.3, 0.4) is 0 Å². The molecule has 2 rings (SSSR count). The van der Waals surface area contributed by atoms with E-state index in [1.54, 1.807) is 6.07 Å². The lowest BCUT2D eigenvalue weighted by molar-refractivity contribution is 0.0902. The van der Waals surface area contributed by atoms with Crippen LogP contribution in [-0.4, -0.2) is 27.2 Å². The second kappa shape index (κ2) is 6.67. The van der Waals surface area contributed by atoms with Gasteiger partial charge in [0.05, 0.1) is 11.9 Å². The molecule has 112 valence electrons. The molecule has 1 saturated heterocycles. The summed E-state index contributed by atoms with van der Waals surface area (Å²) >= 11 is 0. The monoisotopic (exact) mass is 298 g/mol. The van der Waals surface area contributed by atoms with E-state index in [0.717, 1.165) is 24.0 Å². The molecule has 1 aliphatic rings. The summed E-state index contributed by atoms with van der Waals surface area (Å²) < 4.78 is 32.7. The number of ether oxygens (including phenoxy) is 1. The topological polar surface area (TPSA) is 81.4 Å². The first-order chi connectivity index (χ1) is 9.52. The van der Waals surface area contributed by atoms with Crippen molar-refractivity contribution in [2.45, 2.75) is 44.2 Å². The maximum absolute atomic E-state index is 12.2. The van der Waals surface area contributed by atoms with E-state index in [-0.39, 0.29) is 17.9 Å². The van der Waals surface area contributed by atoms with Crippen molar-refractivity contribution in [1.82, 2.24) is 4.72 Å². The van der Waals surface area contributed by atoms with Gasteiger partial charge < -0.3 is 10.5 Å². The molecule has 2 atom stereocenters. The van der Waals surface area contributed by atoms with E-state index in [1.165, 1.54) is 0 Å². The van der Waals surface area contributed by atoms with Crippen molar-refractivity contribution in [3.8, 4) is 0 Å². The molecule has 0 aromatic heterocycles. The van der Waals surface area contributed by atoms with E-state index in [1.807, 2.05) is 25.1 Å². The minimum absolute atomic E-state index is 0.0190. The van der Waals surface area contributed by atoms with E-state index in [2.05, 4.69) is 4.72 Å². The normalized spacial score (nSPS) is 21.0. The van der Waals surface area contributed by atoms with Gasteiger partial charge in [-0.2, -0.15) is 0 Å². The van der Waals surface area contributed by atoms with E-state index in [0.29, 0.717) is 13.2 Å². The fourth-order valence-corrected chi connectivity index (χ4v) is 3.99. The van der Waals surface area contributed by atoms with Crippen molar-refractivity contribution in [2.24, 2.45) is 5.73 Å². The smallest absolute Gasteiger partial charge is 0.216 e. The third-order valence-electron chi connectivity index (χ3n) is 3.57. The summed E-state index contributed by atoms with van der Waals surface area (Å²) in [5.74, 6) is -0.0442. The minimum atomic E-state index is -3.39. The van der Waals surface area contributed by atoms with Crippen molar-refractivity contribution in [3.63, 3.8) is 0 Å². The van der Waals surface area contributed by atoms with Crippen molar-refractivity contribution in [2.75, 3.05) is 6.61 Å². The van der Waals surface area contributed by atoms with Gasteiger partial charge in [-0.05, 0) is 30.9 Å². The average Bonchev–Trinajstić information content (AvgIpc) is 2.92. The molecule has 20 heavy (non-hydrogen) atoms. The fraction of sp³-hybridized carbons (Fsp3) is 0.571. The first-order valence-corrected chi connectivity index (χ1v) is 8.55. The lowest BCUT2D eigenvalue weighted by atomic mass is 10.1. The van der Waals surface area contributed by atoms with Crippen LogP contribution in [0.25, 0.3) is 0 Å². The van der Waals surface area contributed by atoms with Gasteiger partial charge >= 0.3 is 0 Å². The number of rotatable bonds is 6. The number of benzene rings is 1. The highest BCUT2D eigenvalue weighted by molar-refractivity contribution is 7.88. The van der Waals surface area contributed by atoms with Crippen LogP contribution in [0, 0.1) is 0 Å². The quantitative estimate of drug-likeness (QED) is 0.825. The standard InChI is InChI=1S/C14H22N2O3S/c1-11(14-7-4-8-19-14)16-20(17,18)10-13-6-3-2-5-12(13)9-15/h2-3,5-6,11,14,16H,4,7-10,15H2,1H3. The van der Waals surface area contributed by atoms with Crippen LogP contribution in [-0.2, 0) is 27.1 Å². The third-order valence-corrected chi connectivity index (χ3v) is 4.99. The summed E-state index contributed by atoms with van der Waals surface area (Å²) in [4.78, 5) is 0. The molecule has 2 unspecified atom stereocenters. The minimum Gasteiger partial charge on any atom is -0.377 e. The second-order valence-corrected chi connectivity index (χ2v) is 6.94. The largest absolute Gasteiger partial charge is 0.377 e. The molecule has 0 radical (unpaired) electrons. The Kier molecular flexibility index (Phi) is 5.15. The molecule has 1 aromatic rings. The van der Waals surface area contributed by atoms with E-state index < -0.39 is 10.0 Å². The zero-order valence-corrected chi connectivity index (χ0v) is 12.5. The van der Waals surface area contributed by atoms with Crippen molar-refractivity contribution in [3.05, 3.63) is 35.4 Å². The summed E-state index contributed by atoms with van der Waals surface area (Å²) in [5, 5.41) is 0. The number of hydrogen-bond donors (Lipinski definition) is 2. The van der Waals surface area contributed by atoms with Crippen LogP contribution in [0.4, 0.5) is 0 Å². The Bertz CT molecular complexity index is 539. The van der Waals surface area contributed by atoms with Gasteiger partial charge in [0.15, 0.2) is 0 Å². The molecular formula is C14H22N2O3S. The van der Waals surface area contributed by atoms with Gasteiger partial charge in [0, 0.05) is 19.2 Å². The molecule has 0 bridgehead atoms. The molecule has 0 saturated carbocycles. The fourth-order valence-electron chi connectivity index (χ4n) is 2.50. The summed E-state index contributed by atoms with van der Waals surface area (Å²) in [6.45, 7) is 2.90. The van der Waals surface area contributed by atoms with Crippen LogP contribution >= 0.6 is 0 Å². The van der Waals surface area contributed by atoms with Crippen LogP contribution in [0.2, 0.25) is 0 Å². The molecule has 0 spiro atoms. The first-order valence-electron chi connectivity index (χ1n) is 6.90. The third kappa shape index (κ3) is 4.02. The van der Waals surface area contributed by atoms with Gasteiger partial charge in [0.2, 0.25) is 10.0 Å². The van der Waals surface area contributed by atoms with Crippen LogP contribution < -0.4 is 10.5 Å². The Morgan fingerprint density at radius 2 is 2.10 bits per heavy atom. The maximum Gasteiger partial charge on any atom is 0.216 e. The van der Waals surface area contributed by atoms with Gasteiger partial charge in [-0.1, -0.05) is 24.3 Å². The van der Waals surface area contributed by atoms with Crippen LogP contribution in [0.5, 0.6) is 0 Å². The predicted molar refractivity (Wildman–Crippen MR) is 78.5 cm³/mol. The Morgan fingerprint density at radius 3 is 2.70 bits per heavy atom. The lowest BCUT2D eigenvalue weighted by Crippen LogP contribution is -2.41. The Balaban J connectivity index is 2.03. The summed E-state index contributed by atoms with van der Waals surface area (Å²) in [7, 11) is -3.39. The Labute approximate surface area is 120 Å². The molecule has 0 aliphatic carbocycles. The van der Waals surface area contributed by atoms with Gasteiger partial charge in [0.1, 0.15) is 0 Å². The predicted octanol–water partition coefficient (Wildman–Crippen LogP) is 1.13. The van der Waals surface area contributed by atoms with E-state index in [4.69, 9.17) is 10.5 Å². The molecule has 5 nitrogen and oxygen atoms in total. The number of nitrogens with two attached hydrogens (primary N) is 1. The first kappa shape index (κ1) is 15.4. The molecule has 0 amide bonds. The molecule has 3 N–H and O–H groups in total. The number of sulfonamides is 1.